The van der Waals surface area contributed by atoms with Gasteiger partial charge in [0.25, 0.3) is 5.91 Å². The minimum absolute atomic E-state index is 0.0271. The highest BCUT2D eigenvalue weighted by Crippen LogP contribution is 2.23. The topological polar surface area (TPSA) is 58.2 Å². The number of benzene rings is 1. The summed E-state index contributed by atoms with van der Waals surface area (Å²) in [5, 5.41) is 5.52. The van der Waals surface area contributed by atoms with E-state index in [1.54, 1.807) is 25.1 Å². The smallest absolute Gasteiger partial charge is 0.251 e. The lowest BCUT2D eigenvalue weighted by molar-refractivity contribution is -0.115. The molecule has 0 aromatic heterocycles. The SMILES string of the molecule is CC#CCCNC(=O)c1ccc2c(c1)CC(=O)N2. The molecule has 0 unspecified atom stereocenters. The molecule has 0 radical (unpaired) electrons. The molecule has 0 spiro atoms. The van der Waals surface area contributed by atoms with Crippen LogP contribution in [0.15, 0.2) is 18.2 Å². The minimum Gasteiger partial charge on any atom is -0.351 e. The molecule has 2 N–H and O–H groups in total. The Morgan fingerprint density at radius 3 is 3.11 bits per heavy atom. The van der Waals surface area contributed by atoms with Gasteiger partial charge in [-0.2, -0.15) is 0 Å². The molecule has 2 rings (SSSR count). The van der Waals surface area contributed by atoms with Crippen LogP contribution in [0.4, 0.5) is 5.69 Å². The van der Waals surface area contributed by atoms with Crippen LogP contribution in [0.1, 0.15) is 29.3 Å². The molecule has 1 aromatic rings. The Morgan fingerprint density at radius 1 is 1.50 bits per heavy atom. The number of amides is 2. The van der Waals surface area contributed by atoms with Gasteiger partial charge in [0.05, 0.1) is 6.42 Å². The maximum absolute atomic E-state index is 11.8. The van der Waals surface area contributed by atoms with E-state index >= 15 is 0 Å². The second kappa shape index (κ2) is 5.37. The second-order valence-electron chi connectivity index (χ2n) is 4.03. The Bertz CT molecular complexity index is 553. The number of fused-ring (bicyclic) bond motifs is 1. The minimum atomic E-state index is -0.130. The third-order valence-electron chi connectivity index (χ3n) is 2.70. The maximum atomic E-state index is 11.8. The third kappa shape index (κ3) is 2.69. The van der Waals surface area contributed by atoms with E-state index in [9.17, 15) is 9.59 Å². The van der Waals surface area contributed by atoms with Gasteiger partial charge >= 0.3 is 0 Å². The number of hydrogen-bond acceptors (Lipinski definition) is 2. The highest BCUT2D eigenvalue weighted by Gasteiger charge is 2.18. The van der Waals surface area contributed by atoms with E-state index in [4.69, 9.17) is 0 Å². The number of nitrogens with one attached hydrogen (secondary N) is 2. The number of anilines is 1. The molecule has 1 aliphatic rings. The Kier molecular flexibility index (Phi) is 3.63. The fraction of sp³-hybridized carbons (Fsp3) is 0.286. The molecule has 0 bridgehead atoms. The van der Waals surface area contributed by atoms with Crippen LogP contribution in [-0.4, -0.2) is 18.4 Å². The van der Waals surface area contributed by atoms with Gasteiger partial charge in [0.2, 0.25) is 5.91 Å². The van der Waals surface area contributed by atoms with E-state index in [-0.39, 0.29) is 11.8 Å². The molecule has 1 aliphatic heterocycles. The molecular formula is C14H14N2O2. The number of rotatable bonds is 3. The van der Waals surface area contributed by atoms with Crippen molar-refractivity contribution in [2.75, 3.05) is 11.9 Å². The quantitative estimate of drug-likeness (QED) is 0.620. The summed E-state index contributed by atoms with van der Waals surface area (Å²) in [6.07, 6.45) is 0.991. The van der Waals surface area contributed by atoms with E-state index in [2.05, 4.69) is 22.5 Å². The van der Waals surface area contributed by atoms with Crippen LogP contribution in [0.3, 0.4) is 0 Å². The summed E-state index contributed by atoms with van der Waals surface area (Å²) in [6, 6.07) is 5.24. The zero-order chi connectivity index (χ0) is 13.0. The van der Waals surface area contributed by atoms with Gasteiger partial charge in [-0.05, 0) is 30.7 Å². The van der Waals surface area contributed by atoms with E-state index in [0.717, 1.165) is 11.3 Å². The maximum Gasteiger partial charge on any atom is 0.251 e. The van der Waals surface area contributed by atoms with Crippen molar-refractivity contribution in [3.63, 3.8) is 0 Å². The molecule has 0 saturated carbocycles. The molecule has 18 heavy (non-hydrogen) atoms. The summed E-state index contributed by atoms with van der Waals surface area (Å²) in [4.78, 5) is 23.0. The van der Waals surface area contributed by atoms with Crippen molar-refractivity contribution in [3.8, 4) is 11.8 Å². The van der Waals surface area contributed by atoms with Crippen LogP contribution >= 0.6 is 0 Å². The van der Waals surface area contributed by atoms with Gasteiger partial charge in [-0.15, -0.1) is 11.8 Å². The highest BCUT2D eigenvalue weighted by molar-refractivity contribution is 6.01. The standard InChI is InChI=1S/C14H14N2O2/c1-2-3-4-7-15-14(18)10-5-6-12-11(8-10)9-13(17)16-12/h5-6,8H,4,7,9H2,1H3,(H,15,18)(H,16,17). The zero-order valence-corrected chi connectivity index (χ0v) is 10.2. The summed E-state index contributed by atoms with van der Waals surface area (Å²) < 4.78 is 0. The predicted octanol–water partition coefficient (Wildman–Crippen LogP) is 1.32. The van der Waals surface area contributed by atoms with E-state index in [0.29, 0.717) is 24.9 Å². The van der Waals surface area contributed by atoms with Crippen molar-refractivity contribution in [2.45, 2.75) is 19.8 Å². The summed E-state index contributed by atoms with van der Waals surface area (Å²) in [5.74, 6) is 5.50. The lowest BCUT2D eigenvalue weighted by atomic mass is 10.1. The highest BCUT2D eigenvalue weighted by atomic mass is 16.2. The lowest BCUT2D eigenvalue weighted by Gasteiger charge is -2.05. The van der Waals surface area contributed by atoms with Crippen molar-refractivity contribution in [3.05, 3.63) is 29.3 Å². The predicted molar refractivity (Wildman–Crippen MR) is 69.2 cm³/mol. The molecule has 0 fully saturated rings. The first-order chi connectivity index (χ1) is 8.70. The molecule has 4 heteroatoms. The zero-order valence-electron chi connectivity index (χ0n) is 10.2. The number of carbonyl (C=O) groups excluding carboxylic acids is 2. The van der Waals surface area contributed by atoms with Gasteiger partial charge in [0.15, 0.2) is 0 Å². The number of hydrogen-bond donors (Lipinski definition) is 2. The van der Waals surface area contributed by atoms with E-state index in [1.807, 2.05) is 0 Å². The Balaban J connectivity index is 2.01. The van der Waals surface area contributed by atoms with Crippen molar-refractivity contribution in [2.24, 2.45) is 0 Å². The molecule has 1 aromatic carbocycles. The van der Waals surface area contributed by atoms with Crippen molar-refractivity contribution in [1.29, 1.82) is 0 Å². The van der Waals surface area contributed by atoms with Gasteiger partial charge in [0.1, 0.15) is 0 Å². The van der Waals surface area contributed by atoms with Gasteiger partial charge in [-0.1, -0.05) is 0 Å². The molecule has 0 saturated heterocycles. The Morgan fingerprint density at radius 2 is 2.33 bits per heavy atom. The van der Waals surface area contributed by atoms with Crippen molar-refractivity contribution in [1.82, 2.24) is 5.32 Å². The van der Waals surface area contributed by atoms with Crippen LogP contribution in [0.5, 0.6) is 0 Å². The largest absolute Gasteiger partial charge is 0.351 e. The summed E-state index contributed by atoms with van der Waals surface area (Å²) in [7, 11) is 0. The normalized spacial score (nSPS) is 12.2. The molecule has 0 atom stereocenters. The first kappa shape index (κ1) is 12.2. The van der Waals surface area contributed by atoms with E-state index in [1.165, 1.54) is 0 Å². The van der Waals surface area contributed by atoms with Crippen LogP contribution in [-0.2, 0) is 11.2 Å². The van der Waals surface area contributed by atoms with Crippen LogP contribution in [0, 0.1) is 11.8 Å². The molecular weight excluding hydrogens is 228 g/mol. The first-order valence-corrected chi connectivity index (χ1v) is 5.81. The van der Waals surface area contributed by atoms with Crippen LogP contribution in [0.2, 0.25) is 0 Å². The van der Waals surface area contributed by atoms with Gasteiger partial charge in [0, 0.05) is 24.2 Å². The van der Waals surface area contributed by atoms with Gasteiger partial charge in [-0.25, -0.2) is 0 Å². The monoisotopic (exact) mass is 242 g/mol. The fourth-order valence-electron chi connectivity index (χ4n) is 1.84. The third-order valence-corrected chi connectivity index (χ3v) is 2.70. The van der Waals surface area contributed by atoms with Crippen LogP contribution < -0.4 is 10.6 Å². The Labute approximate surface area is 106 Å². The van der Waals surface area contributed by atoms with Gasteiger partial charge < -0.3 is 10.6 Å². The number of carbonyl (C=O) groups is 2. The van der Waals surface area contributed by atoms with Crippen molar-refractivity contribution < 1.29 is 9.59 Å². The van der Waals surface area contributed by atoms with E-state index < -0.39 is 0 Å². The summed E-state index contributed by atoms with van der Waals surface area (Å²) >= 11 is 0. The average molecular weight is 242 g/mol. The summed E-state index contributed by atoms with van der Waals surface area (Å²) in [6.45, 7) is 2.31. The molecule has 2 amide bonds. The summed E-state index contributed by atoms with van der Waals surface area (Å²) in [5.41, 5.74) is 2.25. The first-order valence-electron chi connectivity index (χ1n) is 5.81. The molecule has 4 nitrogen and oxygen atoms in total. The molecule has 1 heterocycles. The second-order valence-corrected chi connectivity index (χ2v) is 4.03. The fourth-order valence-corrected chi connectivity index (χ4v) is 1.84. The van der Waals surface area contributed by atoms with Crippen molar-refractivity contribution >= 4 is 17.5 Å². The average Bonchev–Trinajstić information content (AvgIpc) is 2.73. The molecule has 0 aliphatic carbocycles. The van der Waals surface area contributed by atoms with Gasteiger partial charge in [-0.3, -0.25) is 9.59 Å². The molecule has 92 valence electrons. The van der Waals surface area contributed by atoms with Crippen LogP contribution in [0.25, 0.3) is 0 Å². The lowest BCUT2D eigenvalue weighted by Crippen LogP contribution is -2.24. The Hall–Kier alpha value is -2.28.